The second-order valence-corrected chi connectivity index (χ2v) is 5.38. The number of aromatic amines is 1. The maximum atomic E-state index is 5.97. The molecule has 1 aliphatic rings. The monoisotopic (exact) mass is 243 g/mol. The minimum Gasteiger partial charge on any atom is -0.488 e. The number of hydrogen-bond donors (Lipinski definition) is 2. The van der Waals surface area contributed by atoms with Crippen molar-refractivity contribution < 1.29 is 4.74 Å². The van der Waals surface area contributed by atoms with E-state index < -0.39 is 0 Å². The third kappa shape index (κ3) is 1.83. The summed E-state index contributed by atoms with van der Waals surface area (Å²) >= 11 is 0. The summed E-state index contributed by atoms with van der Waals surface area (Å²) in [7, 11) is 0. The van der Waals surface area contributed by atoms with Gasteiger partial charge in [0.2, 0.25) is 0 Å². The second kappa shape index (κ2) is 3.77. The number of fused-ring (bicyclic) bond motifs is 1. The van der Waals surface area contributed by atoms with Gasteiger partial charge in [-0.2, -0.15) is 5.10 Å². The lowest BCUT2D eigenvalue weighted by Crippen LogP contribution is -2.32. The molecule has 4 heteroatoms. The first-order valence-corrected chi connectivity index (χ1v) is 6.16. The molecule has 18 heavy (non-hydrogen) atoms. The fourth-order valence-corrected chi connectivity index (χ4v) is 2.35. The lowest BCUT2D eigenvalue weighted by molar-refractivity contribution is 0.0847. The number of aromatic nitrogens is 2. The summed E-state index contributed by atoms with van der Waals surface area (Å²) in [4.78, 5) is 0. The molecule has 0 fully saturated rings. The van der Waals surface area contributed by atoms with Gasteiger partial charge in [-0.1, -0.05) is 6.07 Å². The molecule has 0 amide bonds. The number of nitrogens with two attached hydrogens (primary N) is 1. The zero-order valence-corrected chi connectivity index (χ0v) is 10.7. The zero-order valence-electron chi connectivity index (χ0n) is 10.7. The van der Waals surface area contributed by atoms with Crippen molar-refractivity contribution in [2.24, 2.45) is 0 Å². The van der Waals surface area contributed by atoms with Crippen LogP contribution >= 0.6 is 0 Å². The summed E-state index contributed by atoms with van der Waals surface area (Å²) in [5.74, 6) is 1.59. The highest BCUT2D eigenvalue weighted by Crippen LogP contribution is 2.36. The molecule has 0 unspecified atom stereocenters. The van der Waals surface area contributed by atoms with Gasteiger partial charge in [0.1, 0.15) is 17.2 Å². The molecule has 3 rings (SSSR count). The van der Waals surface area contributed by atoms with E-state index in [0.29, 0.717) is 5.82 Å². The van der Waals surface area contributed by atoms with E-state index in [4.69, 9.17) is 10.5 Å². The van der Waals surface area contributed by atoms with Crippen LogP contribution in [0.4, 0.5) is 5.82 Å². The zero-order chi connectivity index (χ0) is 12.8. The number of nitrogens with one attached hydrogen (secondary N) is 1. The molecule has 1 aromatic carbocycles. The van der Waals surface area contributed by atoms with Crippen LogP contribution in [0.2, 0.25) is 0 Å². The van der Waals surface area contributed by atoms with E-state index in [0.717, 1.165) is 29.7 Å². The third-order valence-corrected chi connectivity index (χ3v) is 3.42. The van der Waals surface area contributed by atoms with E-state index in [2.05, 4.69) is 30.1 Å². The minimum atomic E-state index is -0.0663. The molecule has 2 heterocycles. The number of ether oxygens (including phenoxy) is 1. The van der Waals surface area contributed by atoms with Crippen LogP contribution in [-0.4, -0.2) is 15.8 Å². The Morgan fingerprint density at radius 2 is 2.22 bits per heavy atom. The van der Waals surface area contributed by atoms with Crippen molar-refractivity contribution in [3.63, 3.8) is 0 Å². The molecular weight excluding hydrogens is 226 g/mol. The maximum absolute atomic E-state index is 5.97. The highest BCUT2D eigenvalue weighted by atomic mass is 16.5. The van der Waals surface area contributed by atoms with Crippen molar-refractivity contribution in [1.29, 1.82) is 0 Å². The van der Waals surface area contributed by atoms with Crippen molar-refractivity contribution in [3.8, 4) is 16.9 Å². The summed E-state index contributed by atoms with van der Waals surface area (Å²) < 4.78 is 5.97. The van der Waals surface area contributed by atoms with Crippen LogP contribution < -0.4 is 10.5 Å². The van der Waals surface area contributed by atoms with Crippen molar-refractivity contribution in [2.75, 3.05) is 5.73 Å². The minimum absolute atomic E-state index is 0.0663. The second-order valence-electron chi connectivity index (χ2n) is 5.38. The summed E-state index contributed by atoms with van der Waals surface area (Å²) in [6.07, 6.45) is 3.82. The number of H-pyrrole nitrogens is 1. The molecule has 4 nitrogen and oxygen atoms in total. The quantitative estimate of drug-likeness (QED) is 0.809. The molecule has 94 valence electrons. The van der Waals surface area contributed by atoms with Gasteiger partial charge in [0, 0.05) is 5.56 Å². The molecule has 0 saturated carbocycles. The van der Waals surface area contributed by atoms with Gasteiger partial charge in [0.25, 0.3) is 0 Å². The Bertz CT molecular complexity index is 586. The van der Waals surface area contributed by atoms with Crippen LogP contribution in [0.5, 0.6) is 5.75 Å². The van der Waals surface area contributed by atoms with E-state index in [1.807, 2.05) is 12.1 Å². The predicted octanol–water partition coefficient (Wildman–Crippen LogP) is 2.76. The smallest absolute Gasteiger partial charge is 0.126 e. The van der Waals surface area contributed by atoms with Gasteiger partial charge in [-0.15, -0.1) is 0 Å². The molecule has 3 N–H and O–H groups in total. The number of nitrogens with zero attached hydrogens (tertiary/aromatic N) is 1. The van der Waals surface area contributed by atoms with Gasteiger partial charge < -0.3 is 10.5 Å². The first kappa shape index (κ1) is 11.1. The van der Waals surface area contributed by atoms with E-state index in [-0.39, 0.29) is 5.60 Å². The van der Waals surface area contributed by atoms with Crippen LogP contribution in [0.15, 0.2) is 24.4 Å². The Hall–Kier alpha value is -1.97. The molecule has 0 spiro atoms. The van der Waals surface area contributed by atoms with Crippen molar-refractivity contribution in [1.82, 2.24) is 10.2 Å². The topological polar surface area (TPSA) is 63.9 Å². The van der Waals surface area contributed by atoms with E-state index in [9.17, 15) is 0 Å². The Balaban J connectivity index is 2.01. The van der Waals surface area contributed by atoms with Crippen LogP contribution in [-0.2, 0) is 6.42 Å². The standard InChI is InChI=1S/C14H17N3O/c1-14(2)6-5-10-7-9(3-4-12(10)18-14)11-8-16-17-13(11)15/h3-4,7-8H,5-6H2,1-2H3,(H3,15,16,17). The number of anilines is 1. The number of aryl methyl sites for hydroxylation is 1. The number of hydrogen-bond acceptors (Lipinski definition) is 3. The Labute approximate surface area is 106 Å². The SMILES string of the molecule is CC1(C)CCc2cc(-c3cn[nH]c3N)ccc2O1. The van der Waals surface area contributed by atoms with Crippen LogP contribution in [0.25, 0.3) is 11.1 Å². The van der Waals surface area contributed by atoms with Crippen molar-refractivity contribution >= 4 is 5.82 Å². The average Bonchev–Trinajstić information content (AvgIpc) is 2.74. The molecule has 1 aromatic heterocycles. The first-order chi connectivity index (χ1) is 8.55. The van der Waals surface area contributed by atoms with Gasteiger partial charge in [-0.3, -0.25) is 5.10 Å². The largest absolute Gasteiger partial charge is 0.488 e. The maximum Gasteiger partial charge on any atom is 0.126 e. The average molecular weight is 243 g/mol. The highest BCUT2D eigenvalue weighted by molar-refractivity contribution is 5.74. The Morgan fingerprint density at radius 3 is 2.94 bits per heavy atom. The molecule has 0 atom stereocenters. The fraction of sp³-hybridized carbons (Fsp3) is 0.357. The van der Waals surface area contributed by atoms with Crippen LogP contribution in [0.1, 0.15) is 25.8 Å². The number of benzene rings is 1. The summed E-state index contributed by atoms with van der Waals surface area (Å²) in [6, 6.07) is 6.20. The van der Waals surface area contributed by atoms with Gasteiger partial charge in [-0.25, -0.2) is 0 Å². The predicted molar refractivity (Wildman–Crippen MR) is 71.5 cm³/mol. The lowest BCUT2D eigenvalue weighted by Gasteiger charge is -2.32. The summed E-state index contributed by atoms with van der Waals surface area (Å²) in [5.41, 5.74) is 9.05. The fourth-order valence-electron chi connectivity index (χ4n) is 2.35. The highest BCUT2D eigenvalue weighted by Gasteiger charge is 2.26. The summed E-state index contributed by atoms with van der Waals surface area (Å²) in [5, 5.41) is 6.71. The number of nitrogen functional groups attached to an aromatic ring is 1. The normalized spacial score (nSPS) is 17.0. The van der Waals surface area contributed by atoms with Gasteiger partial charge in [0.15, 0.2) is 0 Å². The molecule has 0 bridgehead atoms. The molecule has 0 aliphatic carbocycles. The Morgan fingerprint density at radius 1 is 1.39 bits per heavy atom. The summed E-state index contributed by atoms with van der Waals surface area (Å²) in [6.45, 7) is 4.25. The molecule has 2 aromatic rings. The third-order valence-electron chi connectivity index (χ3n) is 3.42. The first-order valence-electron chi connectivity index (χ1n) is 6.16. The van der Waals surface area contributed by atoms with Gasteiger partial charge in [0.05, 0.1) is 6.20 Å². The van der Waals surface area contributed by atoms with E-state index >= 15 is 0 Å². The van der Waals surface area contributed by atoms with E-state index in [1.165, 1.54) is 5.56 Å². The Kier molecular flexibility index (Phi) is 2.33. The molecule has 0 saturated heterocycles. The molecule has 0 radical (unpaired) electrons. The van der Waals surface area contributed by atoms with Crippen LogP contribution in [0.3, 0.4) is 0 Å². The molecule has 1 aliphatic heterocycles. The van der Waals surface area contributed by atoms with Gasteiger partial charge >= 0.3 is 0 Å². The lowest BCUT2D eigenvalue weighted by atomic mass is 9.92. The molecular formula is C14H17N3O. The number of rotatable bonds is 1. The van der Waals surface area contributed by atoms with Crippen LogP contribution in [0, 0.1) is 0 Å². The van der Waals surface area contributed by atoms with Crippen molar-refractivity contribution in [3.05, 3.63) is 30.0 Å². The van der Waals surface area contributed by atoms with Gasteiger partial charge in [-0.05, 0) is 49.9 Å². The van der Waals surface area contributed by atoms with E-state index in [1.54, 1.807) is 6.20 Å². The van der Waals surface area contributed by atoms with Crippen molar-refractivity contribution in [2.45, 2.75) is 32.3 Å².